The van der Waals surface area contributed by atoms with E-state index in [1.54, 1.807) is 4.90 Å². The Labute approximate surface area is 149 Å². The molecular weight excluding hydrogens is 316 g/mol. The monoisotopic (exact) mass is 344 g/mol. The van der Waals surface area contributed by atoms with Crippen molar-refractivity contribution < 1.29 is 14.3 Å². The number of rotatable bonds is 1. The number of benzene rings is 1. The predicted molar refractivity (Wildman–Crippen MR) is 97.6 cm³/mol. The zero-order chi connectivity index (χ0) is 18.2. The number of anilines is 1. The van der Waals surface area contributed by atoms with Gasteiger partial charge in [0.1, 0.15) is 5.60 Å². The van der Waals surface area contributed by atoms with E-state index in [1.165, 1.54) is 5.56 Å². The summed E-state index contributed by atoms with van der Waals surface area (Å²) in [6, 6.07) is 8.27. The molecule has 5 nitrogen and oxygen atoms in total. The summed E-state index contributed by atoms with van der Waals surface area (Å²) < 4.78 is 5.47. The van der Waals surface area contributed by atoms with Gasteiger partial charge < -0.3 is 14.5 Å². The summed E-state index contributed by atoms with van der Waals surface area (Å²) in [4.78, 5) is 29.1. The predicted octanol–water partition coefficient (Wildman–Crippen LogP) is 3.61. The minimum atomic E-state index is -0.517. The van der Waals surface area contributed by atoms with Crippen molar-refractivity contribution in [3.05, 3.63) is 29.8 Å². The van der Waals surface area contributed by atoms with Gasteiger partial charge in [-0.1, -0.05) is 18.2 Å². The smallest absolute Gasteiger partial charge is 0.410 e. The van der Waals surface area contributed by atoms with Gasteiger partial charge in [-0.2, -0.15) is 0 Å². The highest BCUT2D eigenvalue weighted by molar-refractivity contribution is 5.98. The van der Waals surface area contributed by atoms with Gasteiger partial charge in [-0.15, -0.1) is 0 Å². The highest BCUT2D eigenvalue weighted by atomic mass is 16.6. The molecule has 0 radical (unpaired) electrons. The molecule has 3 rings (SSSR count). The zero-order valence-corrected chi connectivity index (χ0v) is 15.6. The lowest BCUT2D eigenvalue weighted by atomic mass is 9.96. The van der Waals surface area contributed by atoms with E-state index in [0.717, 1.165) is 24.9 Å². The van der Waals surface area contributed by atoms with Crippen molar-refractivity contribution in [3.8, 4) is 0 Å². The second-order valence-electron chi connectivity index (χ2n) is 8.16. The average molecular weight is 344 g/mol. The third-order valence-corrected chi connectivity index (χ3v) is 4.87. The molecule has 1 fully saturated rings. The van der Waals surface area contributed by atoms with Crippen molar-refractivity contribution >= 4 is 17.7 Å². The van der Waals surface area contributed by atoms with Crippen molar-refractivity contribution in [2.45, 2.75) is 58.6 Å². The summed E-state index contributed by atoms with van der Waals surface area (Å²) in [6.45, 7) is 8.78. The molecule has 2 atom stereocenters. The number of ether oxygens (including phenoxy) is 1. The molecule has 5 heteroatoms. The van der Waals surface area contributed by atoms with Gasteiger partial charge in [-0.25, -0.2) is 4.79 Å². The van der Waals surface area contributed by atoms with Gasteiger partial charge in [0.25, 0.3) is 0 Å². The summed E-state index contributed by atoms with van der Waals surface area (Å²) >= 11 is 0. The second kappa shape index (κ2) is 6.70. The molecule has 25 heavy (non-hydrogen) atoms. The quantitative estimate of drug-likeness (QED) is 0.782. The number of carbonyl (C=O) groups is 2. The van der Waals surface area contributed by atoms with Gasteiger partial charge in [-0.05, 0) is 58.6 Å². The molecule has 2 heterocycles. The summed E-state index contributed by atoms with van der Waals surface area (Å²) in [5.41, 5.74) is 1.73. The van der Waals surface area contributed by atoms with Crippen LogP contribution in [0, 0.1) is 5.92 Å². The molecule has 136 valence electrons. The summed E-state index contributed by atoms with van der Waals surface area (Å²) in [7, 11) is 0. The molecule has 2 aliphatic rings. The Balaban J connectivity index is 1.71. The van der Waals surface area contributed by atoms with E-state index in [-0.39, 0.29) is 24.0 Å². The van der Waals surface area contributed by atoms with Crippen LogP contribution < -0.4 is 4.90 Å². The largest absolute Gasteiger partial charge is 0.444 e. The molecule has 1 aromatic carbocycles. The topological polar surface area (TPSA) is 49.9 Å². The standard InChI is InChI=1S/C20H28N2O3/c1-14-12-15-8-5-6-10-17(15)22(14)18(23)16-9-7-11-21(13-16)19(24)25-20(2,3)4/h5-6,8,10,14,16H,7,9,11-13H2,1-4H3/t14-,16+/m0/s1. The average Bonchev–Trinajstić information content (AvgIpc) is 2.88. The van der Waals surface area contributed by atoms with Crippen LogP contribution in [-0.2, 0) is 16.0 Å². The lowest BCUT2D eigenvalue weighted by Crippen LogP contribution is -2.49. The van der Waals surface area contributed by atoms with E-state index in [2.05, 4.69) is 13.0 Å². The van der Waals surface area contributed by atoms with Gasteiger partial charge in [0.2, 0.25) is 5.91 Å². The van der Waals surface area contributed by atoms with Crippen molar-refractivity contribution in [1.29, 1.82) is 0 Å². The van der Waals surface area contributed by atoms with E-state index >= 15 is 0 Å². The Hall–Kier alpha value is -2.04. The minimum absolute atomic E-state index is 0.130. The fourth-order valence-electron chi connectivity index (χ4n) is 3.77. The molecule has 2 aliphatic heterocycles. The number of fused-ring (bicyclic) bond motifs is 1. The Morgan fingerprint density at radius 3 is 2.64 bits per heavy atom. The first kappa shape index (κ1) is 17.8. The first-order valence-corrected chi connectivity index (χ1v) is 9.15. The first-order valence-electron chi connectivity index (χ1n) is 9.15. The van der Waals surface area contributed by atoms with Crippen molar-refractivity contribution in [3.63, 3.8) is 0 Å². The molecule has 1 saturated heterocycles. The molecule has 0 bridgehead atoms. The van der Waals surface area contributed by atoms with E-state index in [9.17, 15) is 9.59 Å². The van der Waals surface area contributed by atoms with Crippen LogP contribution in [0.4, 0.5) is 10.5 Å². The van der Waals surface area contributed by atoms with Crippen LogP contribution in [0.2, 0.25) is 0 Å². The Morgan fingerprint density at radius 2 is 1.92 bits per heavy atom. The zero-order valence-electron chi connectivity index (χ0n) is 15.6. The lowest BCUT2D eigenvalue weighted by Gasteiger charge is -2.36. The number of amides is 2. The van der Waals surface area contributed by atoms with Crippen LogP contribution in [0.5, 0.6) is 0 Å². The van der Waals surface area contributed by atoms with Gasteiger partial charge in [0.15, 0.2) is 0 Å². The number of carbonyl (C=O) groups excluding carboxylic acids is 2. The van der Waals surface area contributed by atoms with E-state index in [0.29, 0.717) is 13.1 Å². The van der Waals surface area contributed by atoms with Crippen LogP contribution in [0.15, 0.2) is 24.3 Å². The number of hydrogen-bond donors (Lipinski definition) is 0. The SMILES string of the molecule is C[C@H]1Cc2ccccc2N1C(=O)[C@@H]1CCCN(C(=O)OC(C)(C)C)C1. The normalized spacial score (nSPS) is 23.4. The van der Waals surface area contributed by atoms with Crippen molar-refractivity contribution in [2.75, 3.05) is 18.0 Å². The first-order chi connectivity index (χ1) is 11.8. The van der Waals surface area contributed by atoms with Crippen LogP contribution >= 0.6 is 0 Å². The van der Waals surface area contributed by atoms with E-state index in [1.807, 2.05) is 43.9 Å². The molecule has 0 unspecified atom stereocenters. The Kier molecular flexibility index (Phi) is 4.76. The van der Waals surface area contributed by atoms with Gasteiger partial charge in [0, 0.05) is 24.8 Å². The highest BCUT2D eigenvalue weighted by Gasteiger charge is 2.37. The Bertz CT molecular complexity index is 665. The third-order valence-electron chi connectivity index (χ3n) is 4.87. The number of likely N-dealkylation sites (tertiary alicyclic amines) is 1. The maximum atomic E-state index is 13.2. The lowest BCUT2D eigenvalue weighted by molar-refractivity contribution is -0.124. The Morgan fingerprint density at radius 1 is 1.20 bits per heavy atom. The summed E-state index contributed by atoms with van der Waals surface area (Å²) in [5.74, 6) is -0.0272. The van der Waals surface area contributed by atoms with Crippen molar-refractivity contribution in [1.82, 2.24) is 4.90 Å². The molecule has 0 spiro atoms. The van der Waals surface area contributed by atoms with Crippen LogP contribution in [0.3, 0.4) is 0 Å². The number of piperidine rings is 1. The molecule has 1 aromatic rings. The maximum absolute atomic E-state index is 13.2. The van der Waals surface area contributed by atoms with Gasteiger partial charge in [-0.3, -0.25) is 4.79 Å². The van der Waals surface area contributed by atoms with Gasteiger partial charge in [0.05, 0.1) is 5.92 Å². The van der Waals surface area contributed by atoms with E-state index < -0.39 is 5.60 Å². The molecule has 0 aromatic heterocycles. The molecule has 0 saturated carbocycles. The third kappa shape index (κ3) is 3.80. The minimum Gasteiger partial charge on any atom is -0.444 e. The van der Waals surface area contributed by atoms with Gasteiger partial charge >= 0.3 is 6.09 Å². The molecule has 0 aliphatic carbocycles. The highest BCUT2D eigenvalue weighted by Crippen LogP contribution is 2.34. The van der Waals surface area contributed by atoms with Crippen LogP contribution in [0.25, 0.3) is 0 Å². The number of para-hydroxylation sites is 1. The number of nitrogens with zero attached hydrogens (tertiary/aromatic N) is 2. The molecular formula is C20H28N2O3. The molecule has 0 N–H and O–H groups in total. The van der Waals surface area contributed by atoms with Crippen LogP contribution in [0.1, 0.15) is 46.1 Å². The molecule has 2 amide bonds. The fourth-order valence-corrected chi connectivity index (χ4v) is 3.77. The fraction of sp³-hybridized carbons (Fsp3) is 0.600. The van der Waals surface area contributed by atoms with Crippen molar-refractivity contribution in [2.24, 2.45) is 5.92 Å². The summed E-state index contributed by atoms with van der Waals surface area (Å²) in [6.07, 6.45) is 2.23. The number of hydrogen-bond acceptors (Lipinski definition) is 3. The maximum Gasteiger partial charge on any atom is 0.410 e. The van der Waals surface area contributed by atoms with E-state index in [4.69, 9.17) is 4.74 Å². The second-order valence-corrected chi connectivity index (χ2v) is 8.16. The summed E-state index contributed by atoms with van der Waals surface area (Å²) in [5, 5.41) is 0. The van der Waals surface area contributed by atoms with Crippen LogP contribution in [-0.4, -0.2) is 41.6 Å².